The summed E-state index contributed by atoms with van der Waals surface area (Å²) in [5.41, 5.74) is 0. The van der Waals surface area contributed by atoms with E-state index in [4.69, 9.17) is 11.6 Å². The molecule has 0 aromatic carbocycles. The standard InChI is InChI=1S/C3H5ClO.Pb/c1-2-3(4)5;/h2H2,1H3;. The zero-order valence-corrected chi connectivity index (χ0v) is 8.14. The third-order valence-corrected chi connectivity index (χ3v) is 0.545. The predicted octanol–water partition coefficient (Wildman–Crippen LogP) is 0.781. The van der Waals surface area contributed by atoms with Gasteiger partial charge in [-0.2, -0.15) is 0 Å². The topological polar surface area (TPSA) is 17.1 Å². The van der Waals surface area contributed by atoms with Gasteiger partial charge in [-0.15, -0.1) is 0 Å². The van der Waals surface area contributed by atoms with Crippen LogP contribution >= 0.6 is 11.6 Å². The molecule has 6 heavy (non-hydrogen) atoms. The molecule has 4 radical (unpaired) electrons. The number of hydrogen-bond acceptors (Lipinski definition) is 1. The minimum atomic E-state index is -0.273. The molecule has 0 aromatic rings. The second-order valence-corrected chi connectivity index (χ2v) is 1.13. The van der Waals surface area contributed by atoms with E-state index in [2.05, 4.69) is 0 Å². The normalized spacial score (nSPS) is 6.33. The van der Waals surface area contributed by atoms with E-state index in [-0.39, 0.29) is 32.5 Å². The molecule has 0 heterocycles. The molecule has 3 heteroatoms. The van der Waals surface area contributed by atoms with Crippen LogP contribution in [0.15, 0.2) is 0 Å². The molecule has 0 unspecified atom stereocenters. The summed E-state index contributed by atoms with van der Waals surface area (Å²) in [6.07, 6.45) is 0.432. The molecule has 0 rings (SSSR count). The van der Waals surface area contributed by atoms with Crippen LogP contribution in [0.5, 0.6) is 0 Å². The molecule has 0 aliphatic carbocycles. The summed E-state index contributed by atoms with van der Waals surface area (Å²) < 4.78 is 0. The Morgan fingerprint density at radius 3 is 2.00 bits per heavy atom. The Kier molecular flexibility index (Phi) is 9.79. The van der Waals surface area contributed by atoms with E-state index in [1.807, 2.05) is 0 Å². The van der Waals surface area contributed by atoms with Crippen molar-refractivity contribution in [1.82, 2.24) is 0 Å². The number of carbonyl (C=O) groups is 1. The molecule has 0 saturated heterocycles. The summed E-state index contributed by atoms with van der Waals surface area (Å²) in [6.45, 7) is 1.72. The second-order valence-electron chi connectivity index (χ2n) is 0.709. The monoisotopic (exact) mass is 300 g/mol. The van der Waals surface area contributed by atoms with Crippen molar-refractivity contribution in [3.63, 3.8) is 0 Å². The van der Waals surface area contributed by atoms with Crippen molar-refractivity contribution >= 4 is 44.1 Å². The van der Waals surface area contributed by atoms with Gasteiger partial charge in [-0.1, -0.05) is 6.92 Å². The maximum atomic E-state index is 9.58. The van der Waals surface area contributed by atoms with E-state index >= 15 is 0 Å². The average molecular weight is 300 g/mol. The first-order valence-electron chi connectivity index (χ1n) is 1.45. The number of carbonyl (C=O) groups excluding carboxylic acids is 1. The van der Waals surface area contributed by atoms with Gasteiger partial charge in [0.05, 0.1) is 0 Å². The largest absolute Gasteiger partial charge is 0.281 e. The van der Waals surface area contributed by atoms with Gasteiger partial charge in [0, 0.05) is 33.7 Å². The third kappa shape index (κ3) is 8.86. The predicted molar refractivity (Wildman–Crippen MR) is 26.9 cm³/mol. The Balaban J connectivity index is 0. The fourth-order valence-electron chi connectivity index (χ4n) is 0. The fraction of sp³-hybridized carbons (Fsp3) is 0.667. The summed E-state index contributed by atoms with van der Waals surface area (Å²) in [6, 6.07) is 0. The van der Waals surface area contributed by atoms with E-state index in [9.17, 15) is 4.79 Å². The van der Waals surface area contributed by atoms with Crippen molar-refractivity contribution in [3.8, 4) is 0 Å². The summed E-state index contributed by atoms with van der Waals surface area (Å²) in [4.78, 5) is 9.58. The molecule has 0 bridgehead atoms. The minimum Gasteiger partial charge on any atom is -0.281 e. The van der Waals surface area contributed by atoms with Gasteiger partial charge >= 0.3 is 0 Å². The molecule has 0 aliphatic rings. The van der Waals surface area contributed by atoms with E-state index in [0.717, 1.165) is 0 Å². The number of halogens is 1. The molecule has 0 aromatic heterocycles. The summed E-state index contributed by atoms with van der Waals surface area (Å²) >= 11 is 4.82. The van der Waals surface area contributed by atoms with Crippen LogP contribution in [0.2, 0.25) is 0 Å². The van der Waals surface area contributed by atoms with Gasteiger partial charge in [0.1, 0.15) is 0 Å². The van der Waals surface area contributed by atoms with E-state index in [1.165, 1.54) is 0 Å². The maximum absolute atomic E-state index is 9.58. The van der Waals surface area contributed by atoms with Gasteiger partial charge in [-0.05, 0) is 11.6 Å². The van der Waals surface area contributed by atoms with Crippen molar-refractivity contribution in [2.75, 3.05) is 0 Å². The van der Waals surface area contributed by atoms with E-state index in [0.29, 0.717) is 6.42 Å². The number of hydrogen-bond donors (Lipinski definition) is 0. The Bertz CT molecular complexity index is 46.1. The summed E-state index contributed by atoms with van der Waals surface area (Å²) in [7, 11) is 0. The zero-order valence-electron chi connectivity index (χ0n) is 3.49. The van der Waals surface area contributed by atoms with E-state index < -0.39 is 0 Å². The van der Waals surface area contributed by atoms with Crippen LogP contribution in [0.25, 0.3) is 0 Å². The Morgan fingerprint density at radius 2 is 2.00 bits per heavy atom. The van der Waals surface area contributed by atoms with Gasteiger partial charge < -0.3 is 0 Å². The van der Waals surface area contributed by atoms with Crippen molar-refractivity contribution in [1.29, 1.82) is 0 Å². The molecule has 0 saturated carbocycles. The van der Waals surface area contributed by atoms with Gasteiger partial charge in [0.15, 0.2) is 0 Å². The molecule has 0 amide bonds. The SMILES string of the molecule is CCC(=O)Cl.[Pb]. The minimum absolute atomic E-state index is 0. The molecular formula is C3H5ClOPb. The quantitative estimate of drug-likeness (QED) is 0.517. The van der Waals surface area contributed by atoms with Crippen LogP contribution in [0.1, 0.15) is 13.3 Å². The van der Waals surface area contributed by atoms with Gasteiger partial charge in [-0.25, -0.2) is 0 Å². The van der Waals surface area contributed by atoms with Crippen molar-refractivity contribution in [2.24, 2.45) is 0 Å². The van der Waals surface area contributed by atoms with Crippen LogP contribution in [-0.2, 0) is 4.79 Å². The molecule has 0 atom stereocenters. The fourth-order valence-corrected chi connectivity index (χ4v) is 0. The summed E-state index contributed by atoms with van der Waals surface area (Å²) in [5, 5.41) is -0.273. The smallest absolute Gasteiger partial charge is 0.221 e. The molecule has 0 N–H and O–H groups in total. The van der Waals surface area contributed by atoms with Crippen LogP contribution in [0.4, 0.5) is 0 Å². The molecule has 0 spiro atoms. The third-order valence-electron chi connectivity index (χ3n) is 0.278. The molecule has 0 fully saturated rings. The van der Waals surface area contributed by atoms with Crippen molar-refractivity contribution < 1.29 is 4.79 Å². The Labute approximate surface area is 62.2 Å². The van der Waals surface area contributed by atoms with Gasteiger partial charge in [-0.3, -0.25) is 4.79 Å². The van der Waals surface area contributed by atoms with Crippen LogP contribution in [-0.4, -0.2) is 32.5 Å². The molecule has 34 valence electrons. The first-order valence-corrected chi connectivity index (χ1v) is 1.83. The second kappa shape index (κ2) is 5.88. The Morgan fingerprint density at radius 1 is 1.83 bits per heavy atom. The molecule has 1 nitrogen and oxygen atoms in total. The average Bonchev–Trinajstić information content (AvgIpc) is 1.38. The van der Waals surface area contributed by atoms with Crippen molar-refractivity contribution in [2.45, 2.75) is 13.3 Å². The van der Waals surface area contributed by atoms with Gasteiger partial charge in [0.2, 0.25) is 5.24 Å². The van der Waals surface area contributed by atoms with Crippen LogP contribution in [0, 0.1) is 0 Å². The van der Waals surface area contributed by atoms with E-state index in [1.54, 1.807) is 6.92 Å². The first-order chi connectivity index (χ1) is 2.27. The first kappa shape index (κ1) is 9.99. The number of rotatable bonds is 1. The van der Waals surface area contributed by atoms with Gasteiger partial charge in [0.25, 0.3) is 0 Å². The van der Waals surface area contributed by atoms with Crippen LogP contribution < -0.4 is 0 Å². The Hall–Kier alpha value is 0.882. The maximum Gasteiger partial charge on any atom is 0.221 e. The van der Waals surface area contributed by atoms with Crippen molar-refractivity contribution in [3.05, 3.63) is 0 Å². The zero-order chi connectivity index (χ0) is 4.28. The summed E-state index contributed by atoms with van der Waals surface area (Å²) in [5.74, 6) is 0. The molecular weight excluding hydrogens is 295 g/mol. The molecule has 0 aliphatic heterocycles. The van der Waals surface area contributed by atoms with Crippen LogP contribution in [0.3, 0.4) is 0 Å².